The van der Waals surface area contributed by atoms with Gasteiger partial charge in [-0.05, 0) is 37.2 Å². The van der Waals surface area contributed by atoms with Crippen molar-refractivity contribution < 1.29 is 34.2 Å². The fourth-order valence-corrected chi connectivity index (χ4v) is 4.65. The second-order valence-corrected chi connectivity index (χ2v) is 10.7. The van der Waals surface area contributed by atoms with E-state index in [0.717, 1.165) is 0 Å². The van der Waals surface area contributed by atoms with E-state index in [1.54, 1.807) is 44.2 Å². The lowest BCUT2D eigenvalue weighted by Gasteiger charge is -2.39. The molecule has 1 saturated heterocycles. The molecule has 1 fully saturated rings. The number of nitrogens with one attached hydrogen (secondary N) is 6. The lowest BCUT2D eigenvalue weighted by Crippen LogP contribution is -2.62. The number of aliphatic carboxylic acids is 1. The highest BCUT2D eigenvalue weighted by Crippen LogP contribution is 2.16. The van der Waals surface area contributed by atoms with Gasteiger partial charge in [0.2, 0.25) is 11.8 Å². The number of carboxylic acids is 1. The van der Waals surface area contributed by atoms with E-state index < -0.39 is 66.2 Å². The van der Waals surface area contributed by atoms with Crippen LogP contribution in [0, 0.1) is 11.3 Å². The lowest BCUT2D eigenvalue weighted by atomic mass is 9.99. The molecule has 1 aliphatic rings. The number of carboxylic acid groups (broad SMARTS) is 1. The number of guanidine groups is 1. The largest absolute Gasteiger partial charge is 0.480 e. The second-order valence-electron chi connectivity index (χ2n) is 10.7. The molecule has 0 spiro atoms. The standard InChI is InChI=1S/C27H43N9O7/c1-15(2)20(22(38)32-18-11-7-13-36(23(18)39)25(28)29)35-21(37)17(10-6-12-31-26(30)42)33-27(43)34-19(24(40)41)14-16-8-4-3-5-9-16/h3-5,8-9,15,17-20,23,39H,6-7,10-14H2,1-2H3,(H3,28,29)(H,32,38)(H,35,37)(H,40,41)(H3,30,31,42)(H2,33,34,43). The van der Waals surface area contributed by atoms with Crippen molar-refractivity contribution in [1.29, 1.82) is 5.41 Å². The molecule has 0 aromatic heterocycles. The molecule has 5 unspecified atom stereocenters. The summed E-state index contributed by atoms with van der Waals surface area (Å²) >= 11 is 0. The number of aliphatic hydroxyl groups excluding tert-OH is 1. The van der Waals surface area contributed by atoms with Crippen molar-refractivity contribution >= 4 is 35.8 Å². The van der Waals surface area contributed by atoms with Crippen LogP contribution in [0.5, 0.6) is 0 Å². The average molecular weight is 606 g/mol. The van der Waals surface area contributed by atoms with E-state index in [9.17, 15) is 34.2 Å². The topological polar surface area (TPSA) is 265 Å². The van der Waals surface area contributed by atoms with E-state index in [-0.39, 0.29) is 31.8 Å². The first-order chi connectivity index (χ1) is 20.3. The maximum absolute atomic E-state index is 13.4. The summed E-state index contributed by atoms with van der Waals surface area (Å²) in [5.41, 5.74) is 11.3. The van der Waals surface area contributed by atoms with Gasteiger partial charge in [-0.1, -0.05) is 44.2 Å². The van der Waals surface area contributed by atoms with Crippen LogP contribution in [-0.2, 0) is 20.8 Å². The number of carbonyl (C=O) groups excluding carboxylic acids is 4. The molecule has 0 saturated carbocycles. The molecule has 16 nitrogen and oxygen atoms in total. The SMILES string of the molecule is CC(C)C(NC(=O)C(CCCNC(N)=O)NC(=O)NC(Cc1ccccc1)C(=O)O)C(=O)NC1CCCN(C(=N)N)C1O. The predicted octanol–water partition coefficient (Wildman–Crippen LogP) is -1.27. The van der Waals surface area contributed by atoms with Gasteiger partial charge in [0.25, 0.3) is 0 Å². The number of rotatable bonds is 14. The molecule has 1 aromatic rings. The first-order valence-electron chi connectivity index (χ1n) is 14.1. The van der Waals surface area contributed by atoms with Gasteiger partial charge in [0.1, 0.15) is 24.4 Å². The summed E-state index contributed by atoms with van der Waals surface area (Å²) < 4.78 is 0. The number of nitrogens with two attached hydrogens (primary N) is 2. The smallest absolute Gasteiger partial charge is 0.326 e. The Morgan fingerprint density at radius 1 is 1.02 bits per heavy atom. The van der Waals surface area contributed by atoms with Gasteiger partial charge >= 0.3 is 18.0 Å². The summed E-state index contributed by atoms with van der Waals surface area (Å²) in [6.45, 7) is 3.88. The van der Waals surface area contributed by atoms with Crippen molar-refractivity contribution in [3.63, 3.8) is 0 Å². The molecule has 43 heavy (non-hydrogen) atoms. The van der Waals surface area contributed by atoms with Crippen LogP contribution in [0.2, 0.25) is 0 Å². The first-order valence-corrected chi connectivity index (χ1v) is 14.1. The summed E-state index contributed by atoms with van der Waals surface area (Å²) in [6, 6.07) is 2.74. The Labute approximate surface area is 249 Å². The molecule has 238 valence electrons. The third-order valence-corrected chi connectivity index (χ3v) is 6.95. The summed E-state index contributed by atoms with van der Waals surface area (Å²) in [7, 11) is 0. The zero-order chi connectivity index (χ0) is 32.1. The highest BCUT2D eigenvalue weighted by Gasteiger charge is 2.35. The van der Waals surface area contributed by atoms with Gasteiger partial charge in [-0.25, -0.2) is 14.4 Å². The molecule has 0 bridgehead atoms. The Morgan fingerprint density at radius 3 is 2.26 bits per heavy atom. The number of hydrogen-bond acceptors (Lipinski definition) is 7. The van der Waals surface area contributed by atoms with Crippen LogP contribution < -0.4 is 38.1 Å². The maximum Gasteiger partial charge on any atom is 0.326 e. The van der Waals surface area contributed by atoms with Gasteiger partial charge in [-0.2, -0.15) is 0 Å². The van der Waals surface area contributed by atoms with E-state index in [2.05, 4.69) is 26.6 Å². The number of nitrogens with zero attached hydrogens (tertiary/aromatic N) is 1. The van der Waals surface area contributed by atoms with Gasteiger partial charge in [-0.3, -0.25) is 15.0 Å². The number of likely N-dealkylation sites (tertiary alicyclic amines) is 1. The maximum atomic E-state index is 13.4. The number of aliphatic hydroxyl groups is 1. The number of amides is 6. The number of urea groups is 2. The molecule has 1 heterocycles. The van der Waals surface area contributed by atoms with Crippen LogP contribution in [0.4, 0.5) is 9.59 Å². The molecule has 16 heteroatoms. The molecule has 6 amide bonds. The number of piperidine rings is 1. The number of benzene rings is 1. The van der Waals surface area contributed by atoms with Gasteiger partial charge < -0.3 is 53.2 Å². The van der Waals surface area contributed by atoms with Gasteiger partial charge in [-0.15, -0.1) is 0 Å². The van der Waals surface area contributed by atoms with Crippen LogP contribution >= 0.6 is 0 Å². The molecule has 2 rings (SSSR count). The predicted molar refractivity (Wildman–Crippen MR) is 156 cm³/mol. The second kappa shape index (κ2) is 16.7. The lowest BCUT2D eigenvalue weighted by molar-refractivity contribution is -0.139. The minimum atomic E-state index is -1.28. The first kappa shape index (κ1) is 34.6. The Bertz CT molecular complexity index is 1140. The molecule has 0 radical (unpaired) electrons. The number of primary amides is 1. The minimum Gasteiger partial charge on any atom is -0.480 e. The Balaban J connectivity index is 2.12. The van der Waals surface area contributed by atoms with Gasteiger partial charge in [0.15, 0.2) is 5.96 Å². The summed E-state index contributed by atoms with van der Waals surface area (Å²) in [5.74, 6) is -3.29. The Morgan fingerprint density at radius 2 is 1.67 bits per heavy atom. The van der Waals surface area contributed by atoms with Crippen molar-refractivity contribution in [2.45, 2.75) is 76.3 Å². The fourth-order valence-electron chi connectivity index (χ4n) is 4.65. The van der Waals surface area contributed by atoms with Crippen molar-refractivity contribution in [2.75, 3.05) is 13.1 Å². The van der Waals surface area contributed by atoms with E-state index in [0.29, 0.717) is 24.9 Å². The zero-order valence-corrected chi connectivity index (χ0v) is 24.3. The quantitative estimate of drug-likeness (QED) is 0.0687. The van der Waals surface area contributed by atoms with Crippen LogP contribution in [0.1, 0.15) is 45.1 Å². The zero-order valence-electron chi connectivity index (χ0n) is 24.3. The van der Waals surface area contributed by atoms with Crippen molar-refractivity contribution in [3.05, 3.63) is 35.9 Å². The molecule has 5 atom stereocenters. The van der Waals surface area contributed by atoms with Gasteiger partial charge in [0.05, 0.1) is 6.04 Å². The van der Waals surface area contributed by atoms with Crippen molar-refractivity contribution in [3.8, 4) is 0 Å². The number of carbonyl (C=O) groups is 5. The van der Waals surface area contributed by atoms with Crippen LogP contribution in [0.3, 0.4) is 0 Å². The fraction of sp³-hybridized carbons (Fsp3) is 0.556. The van der Waals surface area contributed by atoms with Crippen LogP contribution in [0.25, 0.3) is 0 Å². The molecule has 1 aromatic carbocycles. The van der Waals surface area contributed by atoms with Crippen LogP contribution in [0.15, 0.2) is 30.3 Å². The highest BCUT2D eigenvalue weighted by atomic mass is 16.4. The summed E-state index contributed by atoms with van der Waals surface area (Å²) in [4.78, 5) is 63.6. The number of hydrogen-bond donors (Lipinski definition) is 10. The Kier molecular flexibility index (Phi) is 13.5. The van der Waals surface area contributed by atoms with E-state index >= 15 is 0 Å². The van der Waals surface area contributed by atoms with E-state index in [1.807, 2.05) is 0 Å². The normalized spacial score (nSPS) is 18.5. The average Bonchev–Trinajstić information content (AvgIpc) is 2.93. The van der Waals surface area contributed by atoms with E-state index in [1.165, 1.54) is 4.90 Å². The molecule has 12 N–H and O–H groups in total. The molecule has 0 aliphatic carbocycles. The summed E-state index contributed by atoms with van der Waals surface area (Å²) in [5, 5.41) is 40.4. The Hall–Kier alpha value is -4.60. The monoisotopic (exact) mass is 605 g/mol. The summed E-state index contributed by atoms with van der Waals surface area (Å²) in [6.07, 6.45) is 0.0429. The van der Waals surface area contributed by atoms with Crippen molar-refractivity contribution in [1.82, 2.24) is 31.5 Å². The highest BCUT2D eigenvalue weighted by molar-refractivity contribution is 5.92. The third kappa shape index (κ3) is 11.3. The van der Waals surface area contributed by atoms with Crippen LogP contribution in [-0.4, -0.2) is 94.4 Å². The minimum absolute atomic E-state index is 0.00660. The van der Waals surface area contributed by atoms with E-state index in [4.69, 9.17) is 16.9 Å². The molecular weight excluding hydrogens is 562 g/mol. The molecular formula is C27H43N9O7. The third-order valence-electron chi connectivity index (χ3n) is 6.95. The van der Waals surface area contributed by atoms with Crippen molar-refractivity contribution in [2.24, 2.45) is 17.4 Å². The van der Waals surface area contributed by atoms with Gasteiger partial charge in [0, 0.05) is 19.5 Å². The molecule has 1 aliphatic heterocycles.